The minimum Gasteiger partial charge on any atom is -0.383 e. The molecule has 3 heteroatoms. The largest absolute Gasteiger partial charge is 0.383 e. The van der Waals surface area contributed by atoms with Gasteiger partial charge in [0.05, 0.1) is 6.61 Å². The summed E-state index contributed by atoms with van der Waals surface area (Å²) < 4.78 is 5.48. The summed E-state index contributed by atoms with van der Waals surface area (Å²) in [5.74, 6) is 0.680. The van der Waals surface area contributed by atoms with Crippen LogP contribution in [-0.2, 0) is 4.74 Å². The van der Waals surface area contributed by atoms with Crippen LogP contribution in [0.3, 0.4) is 0 Å². The van der Waals surface area contributed by atoms with E-state index in [0.717, 1.165) is 24.7 Å². The number of methoxy groups -OCH3 is 1. The van der Waals surface area contributed by atoms with E-state index in [9.17, 15) is 0 Å². The van der Waals surface area contributed by atoms with E-state index in [1.54, 1.807) is 0 Å². The van der Waals surface area contributed by atoms with Crippen molar-refractivity contribution in [2.24, 2.45) is 5.92 Å². The average Bonchev–Trinajstić information content (AvgIpc) is 2.34. The van der Waals surface area contributed by atoms with Crippen LogP contribution in [-0.4, -0.2) is 49.8 Å². The fourth-order valence-electron chi connectivity index (χ4n) is 3.99. The third-order valence-electron chi connectivity index (χ3n) is 4.93. The van der Waals surface area contributed by atoms with E-state index in [-0.39, 0.29) is 0 Å². The van der Waals surface area contributed by atoms with Crippen molar-refractivity contribution in [3.63, 3.8) is 0 Å². The van der Waals surface area contributed by atoms with Crippen molar-refractivity contribution in [2.45, 2.75) is 70.1 Å². The molecule has 0 aromatic rings. The number of fused-ring (bicyclic) bond motifs is 2. The maximum Gasteiger partial charge on any atom is 0.0620 e. The highest BCUT2D eigenvalue weighted by Crippen LogP contribution is 2.37. The summed E-state index contributed by atoms with van der Waals surface area (Å²) in [7, 11) is 3.96. The maximum atomic E-state index is 5.48. The molecule has 2 aliphatic heterocycles. The molecule has 18 heavy (non-hydrogen) atoms. The average molecular weight is 254 g/mol. The van der Waals surface area contributed by atoms with Gasteiger partial charge >= 0.3 is 0 Å². The fraction of sp³-hybridized carbons (Fsp3) is 1.00. The van der Waals surface area contributed by atoms with Crippen LogP contribution in [0.15, 0.2) is 0 Å². The van der Waals surface area contributed by atoms with Crippen LogP contribution in [0.5, 0.6) is 0 Å². The molecule has 3 atom stereocenters. The second-order valence-corrected chi connectivity index (χ2v) is 6.41. The summed E-state index contributed by atoms with van der Waals surface area (Å²) in [6.45, 7) is 5.56. The summed E-state index contributed by atoms with van der Waals surface area (Å²) in [6.07, 6.45) is 6.81. The van der Waals surface area contributed by atoms with Gasteiger partial charge in [-0.05, 0) is 38.6 Å². The smallest absolute Gasteiger partial charge is 0.0620 e. The van der Waals surface area contributed by atoms with E-state index >= 15 is 0 Å². The lowest BCUT2D eigenvalue weighted by atomic mass is 9.79. The zero-order valence-electron chi connectivity index (χ0n) is 12.5. The van der Waals surface area contributed by atoms with Gasteiger partial charge in [-0.3, -0.25) is 4.90 Å². The summed E-state index contributed by atoms with van der Waals surface area (Å²) >= 11 is 0. The molecule has 0 aromatic carbocycles. The van der Waals surface area contributed by atoms with E-state index < -0.39 is 0 Å². The highest BCUT2D eigenvalue weighted by atomic mass is 16.5. The minimum absolute atomic E-state index is 0.600. The maximum absolute atomic E-state index is 5.48. The van der Waals surface area contributed by atoms with Gasteiger partial charge in [0.25, 0.3) is 0 Å². The van der Waals surface area contributed by atoms with E-state index in [1.165, 1.54) is 32.1 Å². The van der Waals surface area contributed by atoms with Crippen LogP contribution in [0.1, 0.15) is 46.0 Å². The molecule has 0 radical (unpaired) electrons. The Hall–Kier alpha value is -0.120. The third-order valence-corrected chi connectivity index (χ3v) is 4.93. The molecule has 0 aliphatic carbocycles. The van der Waals surface area contributed by atoms with E-state index in [1.807, 2.05) is 7.11 Å². The molecule has 0 aromatic heterocycles. The fourth-order valence-corrected chi connectivity index (χ4v) is 3.99. The molecule has 1 N–H and O–H groups in total. The van der Waals surface area contributed by atoms with Crippen LogP contribution >= 0.6 is 0 Å². The van der Waals surface area contributed by atoms with Gasteiger partial charge in [-0.1, -0.05) is 20.3 Å². The van der Waals surface area contributed by atoms with Crippen LogP contribution in [0.4, 0.5) is 0 Å². The van der Waals surface area contributed by atoms with Crippen LogP contribution in [0, 0.1) is 5.92 Å². The first-order chi connectivity index (χ1) is 8.67. The molecule has 106 valence electrons. The van der Waals surface area contributed by atoms with E-state index in [4.69, 9.17) is 4.74 Å². The van der Waals surface area contributed by atoms with Gasteiger partial charge in [0.2, 0.25) is 0 Å². The number of ether oxygens (including phenoxy) is 1. The first-order valence-corrected chi connectivity index (χ1v) is 7.61. The normalized spacial score (nSPS) is 34.8. The van der Waals surface area contributed by atoms with Gasteiger partial charge < -0.3 is 10.1 Å². The van der Waals surface area contributed by atoms with Gasteiger partial charge in [0.1, 0.15) is 0 Å². The van der Waals surface area contributed by atoms with Crippen LogP contribution in [0.2, 0.25) is 0 Å². The monoisotopic (exact) mass is 254 g/mol. The molecule has 0 saturated carbocycles. The minimum atomic E-state index is 0.600. The molecule has 2 bridgehead atoms. The third kappa shape index (κ3) is 2.89. The first kappa shape index (κ1) is 14.3. The lowest BCUT2D eigenvalue weighted by Crippen LogP contribution is -2.61. The van der Waals surface area contributed by atoms with Crippen molar-refractivity contribution >= 4 is 0 Å². The molecule has 2 rings (SSSR count). The van der Waals surface area contributed by atoms with Crippen molar-refractivity contribution in [1.29, 1.82) is 0 Å². The first-order valence-electron chi connectivity index (χ1n) is 7.61. The molecule has 3 nitrogen and oxygen atoms in total. The SMILES string of the molecule is CNC1CC2CCCC(C1)N2C(COC)C(C)C. The second kappa shape index (κ2) is 6.36. The van der Waals surface area contributed by atoms with Gasteiger partial charge in [0.15, 0.2) is 0 Å². The Morgan fingerprint density at radius 1 is 1.22 bits per heavy atom. The summed E-state index contributed by atoms with van der Waals surface area (Å²) in [5.41, 5.74) is 0. The lowest BCUT2D eigenvalue weighted by Gasteiger charge is -2.53. The number of rotatable bonds is 5. The van der Waals surface area contributed by atoms with Gasteiger partial charge in [-0.25, -0.2) is 0 Å². The Bertz CT molecular complexity index is 243. The molecule has 2 saturated heterocycles. The van der Waals surface area contributed by atoms with Gasteiger partial charge in [0, 0.05) is 31.3 Å². The molecular weight excluding hydrogens is 224 g/mol. The summed E-state index contributed by atoms with van der Waals surface area (Å²) in [5, 5.41) is 3.50. The Kier molecular flexibility index (Phi) is 5.05. The number of hydrogen-bond donors (Lipinski definition) is 1. The predicted molar refractivity (Wildman–Crippen MR) is 75.8 cm³/mol. The number of hydrogen-bond acceptors (Lipinski definition) is 3. The number of nitrogens with zero attached hydrogens (tertiary/aromatic N) is 1. The van der Waals surface area contributed by atoms with Crippen molar-refractivity contribution in [1.82, 2.24) is 10.2 Å². The molecule has 2 heterocycles. The molecule has 0 amide bonds. The standard InChI is InChI=1S/C15H30N2O/c1-11(2)15(10-18-4)17-13-6-5-7-14(17)9-12(8-13)16-3/h11-16H,5-10H2,1-4H3. The zero-order chi connectivity index (χ0) is 13.1. The summed E-state index contributed by atoms with van der Waals surface area (Å²) in [6, 6.07) is 2.88. The number of piperidine rings is 2. The van der Waals surface area contributed by atoms with Gasteiger partial charge in [-0.2, -0.15) is 0 Å². The topological polar surface area (TPSA) is 24.5 Å². The van der Waals surface area contributed by atoms with Crippen molar-refractivity contribution in [3.8, 4) is 0 Å². The van der Waals surface area contributed by atoms with Gasteiger partial charge in [-0.15, -0.1) is 0 Å². The summed E-state index contributed by atoms with van der Waals surface area (Å²) in [4.78, 5) is 2.81. The molecular formula is C15H30N2O. The molecule has 2 fully saturated rings. The highest BCUT2D eigenvalue weighted by Gasteiger charge is 2.41. The second-order valence-electron chi connectivity index (χ2n) is 6.41. The highest BCUT2D eigenvalue weighted by molar-refractivity contribution is 4.98. The van der Waals surface area contributed by atoms with Crippen LogP contribution < -0.4 is 5.32 Å². The Morgan fingerprint density at radius 2 is 1.83 bits per heavy atom. The Labute approximate surface area is 112 Å². The van der Waals surface area contributed by atoms with Crippen LogP contribution in [0.25, 0.3) is 0 Å². The zero-order valence-corrected chi connectivity index (χ0v) is 12.5. The Balaban J connectivity index is 2.11. The lowest BCUT2D eigenvalue weighted by molar-refractivity contribution is -0.0492. The van der Waals surface area contributed by atoms with Crippen molar-refractivity contribution in [2.75, 3.05) is 20.8 Å². The van der Waals surface area contributed by atoms with Crippen molar-refractivity contribution in [3.05, 3.63) is 0 Å². The molecule has 3 unspecified atom stereocenters. The number of nitrogens with one attached hydrogen (secondary N) is 1. The Morgan fingerprint density at radius 3 is 2.28 bits per heavy atom. The molecule has 0 spiro atoms. The predicted octanol–water partition coefficient (Wildman–Crippen LogP) is 2.26. The van der Waals surface area contributed by atoms with E-state index in [0.29, 0.717) is 12.0 Å². The van der Waals surface area contributed by atoms with E-state index in [2.05, 4.69) is 31.1 Å². The molecule has 2 aliphatic rings. The quantitative estimate of drug-likeness (QED) is 0.814. The van der Waals surface area contributed by atoms with Crippen molar-refractivity contribution < 1.29 is 4.74 Å².